The summed E-state index contributed by atoms with van der Waals surface area (Å²) in [7, 11) is 0. The Morgan fingerprint density at radius 1 is 0.818 bits per heavy atom. The van der Waals surface area contributed by atoms with Gasteiger partial charge in [-0.15, -0.1) is 0 Å². The van der Waals surface area contributed by atoms with E-state index in [4.69, 9.17) is 0 Å². The Morgan fingerprint density at radius 3 is 1.73 bits per heavy atom. The van der Waals surface area contributed by atoms with Gasteiger partial charge in [0, 0.05) is 24.7 Å². The van der Waals surface area contributed by atoms with E-state index in [-0.39, 0.29) is 30.1 Å². The zero-order valence-electron chi connectivity index (χ0n) is 11.5. The molecule has 1 saturated heterocycles. The average molecular weight is 301 g/mol. The van der Waals surface area contributed by atoms with E-state index in [1.54, 1.807) is 0 Å². The van der Waals surface area contributed by atoms with Gasteiger partial charge < -0.3 is 0 Å². The fourth-order valence-electron chi connectivity index (χ4n) is 4.02. The lowest BCUT2D eigenvalue weighted by atomic mass is 9.58. The second kappa shape index (κ2) is 4.32. The van der Waals surface area contributed by atoms with Crippen LogP contribution in [0.3, 0.4) is 0 Å². The number of anilines is 1. The molecule has 4 fully saturated rings. The molecule has 1 aromatic carbocycles. The highest BCUT2D eigenvalue weighted by Gasteiger charge is 2.63. The maximum atomic E-state index is 13.0. The number of ketones is 2. The van der Waals surface area contributed by atoms with E-state index in [1.165, 1.54) is 24.3 Å². The third kappa shape index (κ3) is 1.58. The van der Waals surface area contributed by atoms with Crippen LogP contribution < -0.4 is 4.90 Å². The van der Waals surface area contributed by atoms with Crippen LogP contribution in [0.5, 0.6) is 0 Å². The summed E-state index contributed by atoms with van der Waals surface area (Å²) in [5, 5.41) is 0. The number of hydrogen-bond donors (Lipinski definition) is 0. The van der Waals surface area contributed by atoms with Crippen LogP contribution >= 0.6 is 0 Å². The zero-order valence-corrected chi connectivity index (χ0v) is 11.5. The molecule has 6 heteroatoms. The molecule has 2 bridgehead atoms. The minimum atomic E-state index is -0.735. The fourth-order valence-corrected chi connectivity index (χ4v) is 4.02. The minimum absolute atomic E-state index is 0.0565. The number of nitrogens with zero attached hydrogens (tertiary/aromatic N) is 1. The number of halogens is 1. The number of carbonyl (C=O) groups excluding carboxylic acids is 4. The third-order valence-electron chi connectivity index (χ3n) is 5.02. The van der Waals surface area contributed by atoms with E-state index in [1.807, 2.05) is 0 Å². The summed E-state index contributed by atoms with van der Waals surface area (Å²) in [5.74, 6) is -4.39. The van der Waals surface area contributed by atoms with Crippen LogP contribution in [0.15, 0.2) is 24.3 Å². The molecule has 4 atom stereocenters. The van der Waals surface area contributed by atoms with Gasteiger partial charge in [0.2, 0.25) is 11.8 Å². The van der Waals surface area contributed by atoms with Gasteiger partial charge in [0.05, 0.1) is 17.5 Å². The van der Waals surface area contributed by atoms with E-state index in [9.17, 15) is 23.6 Å². The van der Waals surface area contributed by atoms with Gasteiger partial charge in [0.25, 0.3) is 0 Å². The van der Waals surface area contributed by atoms with E-state index < -0.39 is 41.3 Å². The highest BCUT2D eigenvalue weighted by molar-refractivity contribution is 6.25. The van der Waals surface area contributed by atoms with Crippen molar-refractivity contribution in [2.45, 2.75) is 12.8 Å². The van der Waals surface area contributed by atoms with E-state index in [2.05, 4.69) is 0 Å². The lowest BCUT2D eigenvalue weighted by molar-refractivity contribution is -0.153. The zero-order chi connectivity index (χ0) is 15.6. The molecule has 1 heterocycles. The Bertz CT molecular complexity index is 686. The van der Waals surface area contributed by atoms with Crippen LogP contribution in [0.2, 0.25) is 0 Å². The Morgan fingerprint density at radius 2 is 1.27 bits per heavy atom. The largest absolute Gasteiger partial charge is 0.299 e. The molecular formula is C16H12FNO4. The van der Waals surface area contributed by atoms with Gasteiger partial charge in [-0.3, -0.25) is 24.1 Å². The van der Waals surface area contributed by atoms with Crippen molar-refractivity contribution in [3.63, 3.8) is 0 Å². The second-order valence-corrected chi connectivity index (χ2v) is 6.09. The lowest BCUT2D eigenvalue weighted by Gasteiger charge is -2.40. The van der Waals surface area contributed by atoms with E-state index in [0.29, 0.717) is 0 Å². The number of benzene rings is 1. The molecule has 1 aromatic rings. The Hall–Kier alpha value is -2.37. The highest BCUT2D eigenvalue weighted by Crippen LogP contribution is 2.50. The summed E-state index contributed by atoms with van der Waals surface area (Å²) >= 11 is 0. The van der Waals surface area contributed by atoms with Crippen LogP contribution in [0.1, 0.15) is 12.8 Å². The van der Waals surface area contributed by atoms with Gasteiger partial charge in [0.15, 0.2) is 0 Å². The smallest absolute Gasteiger partial charge is 0.238 e. The maximum Gasteiger partial charge on any atom is 0.238 e. The van der Waals surface area contributed by atoms with Crippen molar-refractivity contribution in [2.24, 2.45) is 23.7 Å². The van der Waals surface area contributed by atoms with Crippen molar-refractivity contribution >= 4 is 29.1 Å². The molecule has 0 unspecified atom stereocenters. The molecule has 5 rings (SSSR count). The summed E-state index contributed by atoms with van der Waals surface area (Å²) in [6.07, 6.45) is 0.113. The summed E-state index contributed by atoms with van der Waals surface area (Å²) in [6, 6.07) is 5.05. The third-order valence-corrected chi connectivity index (χ3v) is 5.02. The van der Waals surface area contributed by atoms with Crippen molar-refractivity contribution in [1.29, 1.82) is 0 Å². The van der Waals surface area contributed by atoms with Gasteiger partial charge in [0.1, 0.15) is 17.4 Å². The summed E-state index contributed by atoms with van der Waals surface area (Å²) < 4.78 is 13.0. The Balaban J connectivity index is 1.78. The number of amides is 2. The van der Waals surface area contributed by atoms with Crippen LogP contribution in [-0.4, -0.2) is 23.4 Å². The summed E-state index contributed by atoms with van der Waals surface area (Å²) in [4.78, 5) is 50.3. The number of hydrogen-bond acceptors (Lipinski definition) is 4. The number of carbonyl (C=O) groups is 4. The molecule has 4 aliphatic rings. The summed E-state index contributed by atoms with van der Waals surface area (Å²) in [5.41, 5.74) is 0.282. The molecule has 0 aromatic heterocycles. The Kier molecular flexibility index (Phi) is 2.61. The van der Waals surface area contributed by atoms with Crippen LogP contribution in [0.25, 0.3) is 0 Å². The highest BCUT2D eigenvalue weighted by atomic mass is 19.1. The summed E-state index contributed by atoms with van der Waals surface area (Å²) in [6.45, 7) is 0. The molecule has 22 heavy (non-hydrogen) atoms. The molecule has 2 amide bonds. The average Bonchev–Trinajstić information content (AvgIpc) is 2.75. The molecule has 5 nitrogen and oxygen atoms in total. The fraction of sp³-hybridized carbons (Fsp3) is 0.375. The van der Waals surface area contributed by atoms with Crippen molar-refractivity contribution in [2.75, 3.05) is 4.90 Å². The SMILES string of the molecule is O=C1C[C@H]2C(=O)C[C@@H]1[C@@H]1C(=O)N(c3ccc(F)cc3)C(=O)[C@@H]12. The molecule has 3 aliphatic carbocycles. The molecule has 1 aliphatic heterocycles. The normalized spacial score (nSPS) is 33.6. The van der Waals surface area contributed by atoms with E-state index >= 15 is 0 Å². The Labute approximate surface area is 125 Å². The lowest BCUT2D eigenvalue weighted by Crippen LogP contribution is -2.51. The molecule has 0 spiro atoms. The van der Waals surface area contributed by atoms with Crippen LogP contribution in [0.4, 0.5) is 10.1 Å². The van der Waals surface area contributed by atoms with E-state index in [0.717, 1.165) is 4.90 Å². The van der Waals surface area contributed by atoms with Gasteiger partial charge >= 0.3 is 0 Å². The number of imide groups is 1. The monoisotopic (exact) mass is 301 g/mol. The van der Waals surface area contributed by atoms with Crippen LogP contribution in [-0.2, 0) is 19.2 Å². The first-order chi connectivity index (χ1) is 10.5. The minimum Gasteiger partial charge on any atom is -0.299 e. The first kappa shape index (κ1) is 13.3. The topological polar surface area (TPSA) is 71.5 Å². The maximum absolute atomic E-state index is 13.0. The van der Waals surface area contributed by atoms with Gasteiger partial charge in [-0.05, 0) is 24.3 Å². The van der Waals surface area contributed by atoms with Gasteiger partial charge in [-0.25, -0.2) is 4.39 Å². The predicted molar refractivity (Wildman–Crippen MR) is 72.1 cm³/mol. The quantitative estimate of drug-likeness (QED) is 0.728. The van der Waals surface area contributed by atoms with Crippen molar-refractivity contribution in [1.82, 2.24) is 0 Å². The molecular weight excluding hydrogens is 289 g/mol. The second-order valence-electron chi connectivity index (χ2n) is 6.09. The molecule has 112 valence electrons. The number of fused-ring (bicyclic) bond motifs is 2. The van der Waals surface area contributed by atoms with Crippen LogP contribution in [0, 0.1) is 29.5 Å². The van der Waals surface area contributed by atoms with Crippen molar-refractivity contribution in [3.05, 3.63) is 30.1 Å². The molecule has 0 N–H and O–H groups in total. The van der Waals surface area contributed by atoms with Crippen molar-refractivity contribution in [3.8, 4) is 0 Å². The first-order valence-electron chi connectivity index (χ1n) is 7.18. The molecule has 0 radical (unpaired) electrons. The first-order valence-corrected chi connectivity index (χ1v) is 7.18. The van der Waals surface area contributed by atoms with Crippen molar-refractivity contribution < 1.29 is 23.6 Å². The predicted octanol–water partition coefficient (Wildman–Crippen LogP) is 1.11. The van der Waals surface area contributed by atoms with Gasteiger partial charge in [-0.1, -0.05) is 0 Å². The van der Waals surface area contributed by atoms with Gasteiger partial charge in [-0.2, -0.15) is 0 Å². The number of rotatable bonds is 1. The molecule has 3 saturated carbocycles. The number of Topliss-reactive ketones (excluding diaryl/α,β-unsaturated/α-hetero) is 2. The standard InChI is InChI=1S/C16H12FNO4/c17-7-1-3-8(4-2-7)18-15(21)13-9-5-11(19)10(6-12(9)20)14(13)16(18)22/h1-4,9-10,13-14H,5-6H2/t9-,10-,13-,14+/m0/s1.